The summed E-state index contributed by atoms with van der Waals surface area (Å²) in [7, 11) is 0. The summed E-state index contributed by atoms with van der Waals surface area (Å²) < 4.78 is 0. The zero-order valence-corrected chi connectivity index (χ0v) is 12.4. The molecule has 0 aromatic carbocycles. The summed E-state index contributed by atoms with van der Waals surface area (Å²) in [6.07, 6.45) is 8.66. The largest absolute Gasteiger partial charge is 0.392 e. The third-order valence-corrected chi connectivity index (χ3v) is 4.37. The lowest BCUT2D eigenvalue weighted by molar-refractivity contribution is -0.131. The van der Waals surface area contributed by atoms with Gasteiger partial charge >= 0.3 is 0 Å². The molecule has 1 unspecified atom stereocenters. The van der Waals surface area contributed by atoms with Gasteiger partial charge in [-0.3, -0.25) is 4.79 Å². The number of nitrogens with two attached hydrogens (primary N) is 1. The third kappa shape index (κ3) is 3.67. The quantitative estimate of drug-likeness (QED) is 0.527. The number of rotatable bonds is 8. The molecule has 1 atom stereocenters. The van der Waals surface area contributed by atoms with Gasteiger partial charge in [-0.2, -0.15) is 0 Å². The van der Waals surface area contributed by atoms with Crippen molar-refractivity contribution in [1.29, 1.82) is 0 Å². The lowest BCUT2D eigenvalue weighted by Gasteiger charge is -2.39. The lowest BCUT2D eigenvalue weighted by atomic mass is 9.68. The molecule has 1 rings (SSSR count). The Balaban J connectivity index is 2.32. The Hall–Kier alpha value is -0.640. The van der Waals surface area contributed by atoms with Crippen molar-refractivity contribution in [3.05, 3.63) is 0 Å². The van der Waals surface area contributed by atoms with Gasteiger partial charge in [0, 0.05) is 6.04 Å². The first-order valence-electron chi connectivity index (χ1n) is 7.14. The average molecular weight is 270 g/mol. The summed E-state index contributed by atoms with van der Waals surface area (Å²) in [6, 6.07) is 0.223. The van der Waals surface area contributed by atoms with Crippen molar-refractivity contribution in [1.82, 2.24) is 5.32 Å². The molecule has 0 heterocycles. The van der Waals surface area contributed by atoms with E-state index in [0.717, 1.165) is 25.7 Å². The maximum Gasteiger partial charge on any atom is 0.233 e. The molecule has 3 nitrogen and oxygen atoms in total. The van der Waals surface area contributed by atoms with Gasteiger partial charge in [0.2, 0.25) is 5.91 Å². The highest BCUT2D eigenvalue weighted by molar-refractivity contribution is 7.80. The van der Waals surface area contributed by atoms with Crippen molar-refractivity contribution in [2.75, 3.05) is 0 Å². The highest BCUT2D eigenvalue weighted by atomic mass is 32.1. The molecule has 0 aromatic heterocycles. The Morgan fingerprint density at radius 2 is 2.06 bits per heavy atom. The number of carbonyl (C=O) groups excluding carboxylic acids is 1. The maximum atomic E-state index is 12.2. The van der Waals surface area contributed by atoms with Gasteiger partial charge in [-0.25, -0.2) is 0 Å². The minimum Gasteiger partial charge on any atom is -0.392 e. The van der Waals surface area contributed by atoms with Crippen LogP contribution in [0.1, 0.15) is 65.2 Å². The van der Waals surface area contributed by atoms with E-state index in [2.05, 4.69) is 19.2 Å². The monoisotopic (exact) mass is 270 g/mol. The second kappa shape index (κ2) is 7.07. The van der Waals surface area contributed by atoms with E-state index in [1.54, 1.807) is 0 Å². The van der Waals surface area contributed by atoms with Crippen LogP contribution in [0.25, 0.3) is 0 Å². The molecule has 0 radical (unpaired) electrons. The molecule has 0 bridgehead atoms. The molecule has 4 heteroatoms. The van der Waals surface area contributed by atoms with Crippen LogP contribution in [0.4, 0.5) is 0 Å². The molecule has 0 aliphatic heterocycles. The molecular formula is C14H26N2OS. The standard InChI is InChI=1S/C14H26N2OS/c1-3-4-5-6-8-11(2)16-13(17)14(12(15)18)9-7-10-14/h11H,3-10H2,1-2H3,(H2,15,18)(H,16,17). The van der Waals surface area contributed by atoms with Gasteiger partial charge in [0.15, 0.2) is 0 Å². The summed E-state index contributed by atoms with van der Waals surface area (Å²) in [5.41, 5.74) is 5.18. The van der Waals surface area contributed by atoms with Gasteiger partial charge in [0.1, 0.15) is 0 Å². The summed E-state index contributed by atoms with van der Waals surface area (Å²) in [5.74, 6) is 0.0456. The lowest BCUT2D eigenvalue weighted by Crippen LogP contribution is -2.54. The van der Waals surface area contributed by atoms with Crippen molar-refractivity contribution >= 4 is 23.1 Å². The highest BCUT2D eigenvalue weighted by Crippen LogP contribution is 2.41. The summed E-state index contributed by atoms with van der Waals surface area (Å²) in [6.45, 7) is 4.27. The van der Waals surface area contributed by atoms with E-state index in [1.165, 1.54) is 25.7 Å². The van der Waals surface area contributed by atoms with E-state index >= 15 is 0 Å². The Kier molecular flexibility index (Phi) is 6.06. The van der Waals surface area contributed by atoms with E-state index in [9.17, 15) is 4.79 Å². The van der Waals surface area contributed by atoms with Crippen molar-refractivity contribution < 1.29 is 4.79 Å². The SMILES string of the molecule is CCCCCCC(C)NC(=O)C1(C(N)=S)CCC1. The zero-order valence-electron chi connectivity index (χ0n) is 11.6. The van der Waals surface area contributed by atoms with Crippen LogP contribution in [-0.2, 0) is 4.79 Å². The molecular weight excluding hydrogens is 244 g/mol. The number of hydrogen-bond acceptors (Lipinski definition) is 2. The van der Waals surface area contributed by atoms with Crippen LogP contribution in [0.5, 0.6) is 0 Å². The molecule has 0 saturated heterocycles. The number of hydrogen-bond donors (Lipinski definition) is 2. The van der Waals surface area contributed by atoms with Crippen molar-refractivity contribution in [2.45, 2.75) is 71.3 Å². The first-order valence-corrected chi connectivity index (χ1v) is 7.54. The first kappa shape index (κ1) is 15.4. The van der Waals surface area contributed by atoms with E-state index in [-0.39, 0.29) is 11.9 Å². The Morgan fingerprint density at radius 1 is 1.39 bits per heavy atom. The topological polar surface area (TPSA) is 55.1 Å². The van der Waals surface area contributed by atoms with Gasteiger partial charge in [0.05, 0.1) is 10.4 Å². The third-order valence-electron chi connectivity index (χ3n) is 3.98. The van der Waals surface area contributed by atoms with Crippen LogP contribution in [0.15, 0.2) is 0 Å². The molecule has 1 saturated carbocycles. The maximum absolute atomic E-state index is 12.2. The van der Waals surface area contributed by atoms with E-state index in [4.69, 9.17) is 18.0 Å². The molecule has 18 heavy (non-hydrogen) atoms. The number of thiocarbonyl (C=S) groups is 1. The summed E-state index contributed by atoms with van der Waals surface area (Å²) >= 11 is 5.05. The second-order valence-electron chi connectivity index (χ2n) is 5.52. The Morgan fingerprint density at radius 3 is 2.50 bits per heavy atom. The molecule has 1 amide bonds. The van der Waals surface area contributed by atoms with Crippen LogP contribution in [0.2, 0.25) is 0 Å². The fraction of sp³-hybridized carbons (Fsp3) is 0.857. The minimum atomic E-state index is -0.535. The van der Waals surface area contributed by atoms with Gasteiger partial charge in [-0.05, 0) is 26.2 Å². The normalized spacial score (nSPS) is 18.8. The Bertz CT molecular complexity index is 300. The Labute approximate surface area is 116 Å². The smallest absolute Gasteiger partial charge is 0.233 e. The van der Waals surface area contributed by atoms with Crippen molar-refractivity contribution in [3.63, 3.8) is 0 Å². The molecule has 3 N–H and O–H groups in total. The van der Waals surface area contributed by atoms with Crippen LogP contribution in [0.3, 0.4) is 0 Å². The minimum absolute atomic E-state index is 0.0456. The van der Waals surface area contributed by atoms with Crippen LogP contribution >= 0.6 is 12.2 Å². The van der Waals surface area contributed by atoms with Crippen LogP contribution in [0, 0.1) is 5.41 Å². The summed E-state index contributed by atoms with van der Waals surface area (Å²) in [4.78, 5) is 12.6. The number of amides is 1. The van der Waals surface area contributed by atoms with Gasteiger partial charge in [0.25, 0.3) is 0 Å². The summed E-state index contributed by atoms with van der Waals surface area (Å²) in [5, 5.41) is 3.07. The molecule has 1 aliphatic rings. The average Bonchev–Trinajstić information content (AvgIpc) is 2.22. The van der Waals surface area contributed by atoms with Crippen molar-refractivity contribution in [2.24, 2.45) is 11.1 Å². The number of nitrogens with one attached hydrogen (secondary N) is 1. The van der Waals surface area contributed by atoms with Crippen molar-refractivity contribution in [3.8, 4) is 0 Å². The predicted molar refractivity (Wildman–Crippen MR) is 79.4 cm³/mol. The number of unbranched alkanes of at least 4 members (excludes halogenated alkanes) is 3. The van der Waals surface area contributed by atoms with Gasteiger partial charge in [-0.1, -0.05) is 51.2 Å². The van der Waals surface area contributed by atoms with Gasteiger partial charge < -0.3 is 11.1 Å². The fourth-order valence-corrected chi connectivity index (χ4v) is 2.72. The number of carbonyl (C=O) groups is 1. The van der Waals surface area contributed by atoms with Crippen LogP contribution < -0.4 is 11.1 Å². The predicted octanol–water partition coefficient (Wildman–Crippen LogP) is 2.92. The second-order valence-corrected chi connectivity index (χ2v) is 5.96. The molecule has 0 aromatic rings. The highest BCUT2D eigenvalue weighted by Gasteiger charge is 2.47. The van der Waals surface area contributed by atoms with E-state index < -0.39 is 5.41 Å². The molecule has 104 valence electrons. The molecule has 1 aliphatic carbocycles. The van der Waals surface area contributed by atoms with Crippen LogP contribution in [-0.4, -0.2) is 16.9 Å². The van der Waals surface area contributed by atoms with Gasteiger partial charge in [-0.15, -0.1) is 0 Å². The fourth-order valence-electron chi connectivity index (χ4n) is 2.43. The molecule has 0 spiro atoms. The van der Waals surface area contributed by atoms with E-state index in [0.29, 0.717) is 4.99 Å². The van der Waals surface area contributed by atoms with E-state index in [1.807, 2.05) is 0 Å². The zero-order chi connectivity index (χ0) is 13.6. The first-order chi connectivity index (χ1) is 8.53. The molecule has 1 fully saturated rings.